The van der Waals surface area contributed by atoms with Crippen LogP contribution in [0.1, 0.15) is 20.8 Å². The van der Waals surface area contributed by atoms with Gasteiger partial charge in [0.05, 0.1) is 9.82 Å². The lowest BCUT2D eigenvalue weighted by atomic mass is 10.2. The van der Waals surface area contributed by atoms with Gasteiger partial charge in [-0.1, -0.05) is 6.07 Å². The number of carbonyl (C=O) groups is 1. The monoisotopic (exact) mass is 345 g/mol. The maximum atomic E-state index is 12.0. The molecule has 0 atom stereocenters. The Labute approximate surface area is 134 Å². The van der Waals surface area contributed by atoms with Crippen molar-refractivity contribution < 1.29 is 22.9 Å². The Morgan fingerprint density at radius 3 is 2.52 bits per heavy atom. The number of amides is 1. The molecule has 1 aromatic carbocycles. The lowest BCUT2D eigenvalue weighted by Crippen LogP contribution is -2.37. The number of nitrogens with zero attached hydrogens (tertiary/aromatic N) is 1. The predicted octanol–water partition coefficient (Wildman–Crippen LogP) is 1.40. The lowest BCUT2D eigenvalue weighted by Gasteiger charge is -2.19. The van der Waals surface area contributed by atoms with E-state index in [0.29, 0.717) is 0 Å². The molecule has 128 valence electrons. The summed E-state index contributed by atoms with van der Waals surface area (Å²) in [5, 5.41) is 13.1. The molecule has 0 heterocycles. The van der Waals surface area contributed by atoms with Crippen LogP contribution in [0.4, 0.5) is 10.5 Å². The molecule has 0 radical (unpaired) electrons. The van der Waals surface area contributed by atoms with E-state index in [1.807, 2.05) is 0 Å². The number of nitro benzene ring substituents is 1. The molecule has 1 amide bonds. The van der Waals surface area contributed by atoms with Crippen LogP contribution in [-0.4, -0.2) is 38.1 Å². The van der Waals surface area contributed by atoms with Crippen molar-refractivity contribution in [2.24, 2.45) is 0 Å². The molecule has 0 fully saturated rings. The number of sulfonamides is 1. The maximum absolute atomic E-state index is 12.0. The first kappa shape index (κ1) is 18.8. The highest BCUT2D eigenvalue weighted by molar-refractivity contribution is 7.89. The van der Waals surface area contributed by atoms with Gasteiger partial charge in [0.2, 0.25) is 10.0 Å². The molecule has 0 aliphatic carbocycles. The van der Waals surface area contributed by atoms with E-state index in [0.717, 1.165) is 6.07 Å². The van der Waals surface area contributed by atoms with Crippen molar-refractivity contribution in [2.75, 3.05) is 13.1 Å². The third-order valence-corrected chi connectivity index (χ3v) is 3.88. The van der Waals surface area contributed by atoms with E-state index < -0.39 is 26.6 Å². The molecule has 0 bridgehead atoms. The molecule has 1 rings (SSSR count). The van der Waals surface area contributed by atoms with Gasteiger partial charge in [0.15, 0.2) is 0 Å². The highest BCUT2D eigenvalue weighted by Gasteiger charge is 2.18. The van der Waals surface area contributed by atoms with Crippen LogP contribution in [0.2, 0.25) is 0 Å². The minimum atomic E-state index is -3.90. The SMILES string of the molecule is CC(C)(C)OC(=O)NCCNS(=O)(=O)c1cccc([N+](=O)[O-])c1. The van der Waals surface area contributed by atoms with Gasteiger partial charge < -0.3 is 10.1 Å². The summed E-state index contributed by atoms with van der Waals surface area (Å²) in [6.07, 6.45) is -0.660. The third-order valence-electron chi connectivity index (χ3n) is 2.42. The van der Waals surface area contributed by atoms with Crippen LogP contribution < -0.4 is 10.0 Å². The molecule has 0 aromatic heterocycles. The number of non-ortho nitro benzene ring substituents is 1. The van der Waals surface area contributed by atoms with Gasteiger partial charge in [0.1, 0.15) is 5.60 Å². The molecule has 2 N–H and O–H groups in total. The van der Waals surface area contributed by atoms with Crippen molar-refractivity contribution in [1.82, 2.24) is 10.0 Å². The summed E-state index contributed by atoms with van der Waals surface area (Å²) in [6, 6.07) is 4.69. The standard InChI is InChI=1S/C13H19N3O6S/c1-13(2,3)22-12(17)14-7-8-15-23(20,21)11-6-4-5-10(9-11)16(18)19/h4-6,9,15H,7-8H2,1-3H3,(H,14,17). The Balaban J connectivity index is 2.55. The van der Waals surface area contributed by atoms with Crippen LogP contribution >= 0.6 is 0 Å². The van der Waals surface area contributed by atoms with Crippen LogP contribution in [0.3, 0.4) is 0 Å². The number of ether oxygens (including phenoxy) is 1. The van der Waals surface area contributed by atoms with Gasteiger partial charge in [-0.25, -0.2) is 17.9 Å². The number of nitrogens with one attached hydrogen (secondary N) is 2. The van der Waals surface area contributed by atoms with Crippen LogP contribution in [0.5, 0.6) is 0 Å². The number of benzene rings is 1. The first-order valence-corrected chi connectivity index (χ1v) is 8.20. The van der Waals surface area contributed by atoms with Gasteiger partial charge in [0.25, 0.3) is 5.69 Å². The number of hydrogen-bond acceptors (Lipinski definition) is 6. The van der Waals surface area contributed by atoms with Gasteiger partial charge in [-0.05, 0) is 26.8 Å². The van der Waals surface area contributed by atoms with Gasteiger partial charge in [-0.2, -0.15) is 0 Å². The third kappa shape index (κ3) is 6.61. The summed E-state index contributed by atoms with van der Waals surface area (Å²) in [5.74, 6) is 0. The zero-order chi connectivity index (χ0) is 17.7. The molecule has 23 heavy (non-hydrogen) atoms. The summed E-state index contributed by atoms with van der Waals surface area (Å²) >= 11 is 0. The summed E-state index contributed by atoms with van der Waals surface area (Å²) < 4.78 is 31.2. The van der Waals surface area contributed by atoms with E-state index in [1.54, 1.807) is 20.8 Å². The average Bonchev–Trinajstić information content (AvgIpc) is 2.42. The van der Waals surface area contributed by atoms with Crippen molar-refractivity contribution in [2.45, 2.75) is 31.3 Å². The van der Waals surface area contributed by atoms with Crippen LogP contribution in [0.25, 0.3) is 0 Å². The summed E-state index contributed by atoms with van der Waals surface area (Å²) in [6.45, 7) is 5.06. The van der Waals surface area contributed by atoms with Gasteiger partial charge >= 0.3 is 6.09 Å². The predicted molar refractivity (Wildman–Crippen MR) is 82.5 cm³/mol. The fraction of sp³-hybridized carbons (Fsp3) is 0.462. The number of nitro groups is 1. The fourth-order valence-electron chi connectivity index (χ4n) is 1.51. The van der Waals surface area contributed by atoms with E-state index in [-0.39, 0.29) is 23.7 Å². The fourth-order valence-corrected chi connectivity index (χ4v) is 2.58. The van der Waals surface area contributed by atoms with Crippen molar-refractivity contribution >= 4 is 21.8 Å². The summed E-state index contributed by atoms with van der Waals surface area (Å²) in [4.78, 5) is 21.1. The van der Waals surface area contributed by atoms with Crippen LogP contribution in [0, 0.1) is 10.1 Å². The summed E-state index contributed by atoms with van der Waals surface area (Å²) in [7, 11) is -3.90. The largest absolute Gasteiger partial charge is 0.444 e. The Bertz CT molecular complexity index is 681. The zero-order valence-electron chi connectivity index (χ0n) is 13.0. The van der Waals surface area contributed by atoms with Crippen LogP contribution in [0.15, 0.2) is 29.2 Å². The van der Waals surface area contributed by atoms with Crippen molar-refractivity contribution in [3.63, 3.8) is 0 Å². The van der Waals surface area contributed by atoms with Crippen LogP contribution in [-0.2, 0) is 14.8 Å². The molecule has 0 saturated heterocycles. The Morgan fingerprint density at radius 2 is 1.96 bits per heavy atom. The molecule has 1 aromatic rings. The summed E-state index contributed by atoms with van der Waals surface area (Å²) in [5.41, 5.74) is -0.966. The number of hydrogen-bond donors (Lipinski definition) is 2. The first-order chi connectivity index (χ1) is 10.5. The Morgan fingerprint density at radius 1 is 1.30 bits per heavy atom. The van der Waals surface area contributed by atoms with Crippen molar-refractivity contribution in [1.29, 1.82) is 0 Å². The quantitative estimate of drug-likeness (QED) is 0.456. The van der Waals surface area contributed by atoms with Gasteiger partial charge in [-0.15, -0.1) is 0 Å². The van der Waals surface area contributed by atoms with E-state index >= 15 is 0 Å². The smallest absolute Gasteiger partial charge is 0.407 e. The molecule has 9 nitrogen and oxygen atoms in total. The highest BCUT2D eigenvalue weighted by atomic mass is 32.2. The van der Waals surface area contributed by atoms with E-state index in [4.69, 9.17) is 4.74 Å². The Kier molecular flexibility index (Phi) is 6.05. The molecule has 10 heteroatoms. The average molecular weight is 345 g/mol. The molecule has 0 saturated carbocycles. The molecular weight excluding hydrogens is 326 g/mol. The topological polar surface area (TPSA) is 128 Å². The first-order valence-electron chi connectivity index (χ1n) is 6.72. The minimum Gasteiger partial charge on any atom is -0.444 e. The number of carbonyl (C=O) groups excluding carboxylic acids is 1. The molecule has 0 spiro atoms. The second-order valence-electron chi connectivity index (χ2n) is 5.58. The van der Waals surface area contributed by atoms with Gasteiger partial charge in [0, 0.05) is 25.2 Å². The van der Waals surface area contributed by atoms with Crippen molar-refractivity contribution in [3.8, 4) is 0 Å². The molecular formula is C13H19N3O6S. The normalized spacial score (nSPS) is 11.8. The number of alkyl carbamates (subject to hydrolysis) is 1. The van der Waals surface area contributed by atoms with Crippen molar-refractivity contribution in [3.05, 3.63) is 34.4 Å². The minimum absolute atomic E-state index is 0.0169. The molecule has 0 aliphatic heterocycles. The van der Waals surface area contributed by atoms with E-state index in [2.05, 4.69) is 10.0 Å². The van der Waals surface area contributed by atoms with E-state index in [9.17, 15) is 23.3 Å². The molecule has 0 unspecified atom stereocenters. The second-order valence-corrected chi connectivity index (χ2v) is 7.35. The second kappa shape index (κ2) is 7.38. The highest BCUT2D eigenvalue weighted by Crippen LogP contribution is 2.16. The van der Waals surface area contributed by atoms with E-state index in [1.165, 1.54) is 18.2 Å². The maximum Gasteiger partial charge on any atom is 0.407 e. The lowest BCUT2D eigenvalue weighted by molar-refractivity contribution is -0.385. The molecule has 0 aliphatic rings. The number of rotatable bonds is 6. The zero-order valence-corrected chi connectivity index (χ0v) is 13.8. The van der Waals surface area contributed by atoms with Gasteiger partial charge in [-0.3, -0.25) is 10.1 Å². The Hall–Kier alpha value is -2.20.